The molecule has 8 heteroatoms. The predicted octanol–water partition coefficient (Wildman–Crippen LogP) is 11.4. The number of fused-ring (bicyclic) bond motifs is 3. The van der Waals surface area contributed by atoms with E-state index in [2.05, 4.69) is 87.0 Å². The van der Waals surface area contributed by atoms with E-state index in [0.717, 1.165) is 44.9 Å². The summed E-state index contributed by atoms with van der Waals surface area (Å²) in [7, 11) is 0. The molecule has 4 aromatic rings. The highest BCUT2D eigenvalue weighted by Crippen LogP contribution is 2.42. The zero-order valence-corrected chi connectivity index (χ0v) is 32.2. The second-order valence-corrected chi connectivity index (χ2v) is 15.4. The summed E-state index contributed by atoms with van der Waals surface area (Å²) in [6.45, 7) is 17.1. The Morgan fingerprint density at radius 2 is 1.02 bits per heavy atom. The number of hydrogen-bond donors (Lipinski definition) is 0. The maximum atomic E-state index is 11.9. The van der Waals surface area contributed by atoms with E-state index in [-0.39, 0.29) is 11.9 Å². The molecular weight excluding hydrogens is 701 g/mol. The Bertz CT molecular complexity index is 1720. The molecule has 5 rings (SSSR count). The molecule has 6 nitrogen and oxygen atoms in total. The molecule has 0 bridgehead atoms. The summed E-state index contributed by atoms with van der Waals surface area (Å²) in [4.78, 5) is 28.7. The van der Waals surface area contributed by atoms with E-state index < -0.39 is 12.2 Å². The first-order chi connectivity index (χ1) is 25.9. The topological polar surface area (TPSA) is 71.1 Å². The first-order valence-corrected chi connectivity index (χ1v) is 20.0. The maximum absolute atomic E-state index is 11.9. The van der Waals surface area contributed by atoms with Gasteiger partial charge in [0, 0.05) is 45.6 Å². The van der Waals surface area contributed by atoms with Crippen LogP contribution in [0.2, 0.25) is 0 Å². The standard InChI is InChI=1S/C45H50O6S2/c1-5-36(6-2)50-44(46)15-11-9-13-25-48-30-38-19-23-42(52-38)32-17-21-40-34(27-32)29-35-28-33(18-22-41(35)40)43-24-20-39(53-43)31-49-26-14-10-12-16-45(47)51-37(7-3)8-4/h5-8,17-24,27-28,36-37H,1-4,9-16,25-26,29-31H2. The molecule has 278 valence electrons. The molecule has 1 aliphatic rings. The molecule has 0 unspecified atom stereocenters. The van der Waals surface area contributed by atoms with Crippen LogP contribution in [0, 0.1) is 0 Å². The first kappa shape index (κ1) is 39.9. The Morgan fingerprint density at radius 3 is 1.43 bits per heavy atom. The fourth-order valence-corrected chi connectivity index (χ4v) is 8.07. The molecule has 0 fully saturated rings. The number of ether oxygens (including phenoxy) is 4. The normalized spacial score (nSPS) is 11.7. The Balaban J connectivity index is 1.02. The SMILES string of the molecule is C=CC(C=C)OC(=O)CCCCCOCc1ccc(-c2ccc3c(c2)Cc2cc(-c4ccc(COCCCCCC(=O)OC(C=C)C=C)s4)ccc2-3)s1. The summed E-state index contributed by atoms with van der Waals surface area (Å²) in [5.41, 5.74) is 7.85. The van der Waals surface area contributed by atoms with Crippen molar-refractivity contribution in [3.63, 3.8) is 0 Å². The van der Waals surface area contributed by atoms with Gasteiger partial charge in [0.1, 0.15) is 12.2 Å². The Morgan fingerprint density at radius 1 is 0.585 bits per heavy atom. The predicted molar refractivity (Wildman–Crippen MR) is 218 cm³/mol. The number of carbonyl (C=O) groups is 2. The van der Waals surface area contributed by atoms with E-state index in [9.17, 15) is 9.59 Å². The summed E-state index contributed by atoms with van der Waals surface area (Å²) in [6.07, 6.45) is 12.3. The fraction of sp³-hybridized carbons (Fsp3) is 0.333. The van der Waals surface area contributed by atoms with Gasteiger partial charge in [-0.15, -0.1) is 22.7 Å². The molecule has 0 radical (unpaired) electrons. The third-order valence-electron chi connectivity index (χ3n) is 9.07. The Hall–Kier alpha value is -4.34. The van der Waals surface area contributed by atoms with Crippen molar-refractivity contribution in [1.29, 1.82) is 0 Å². The number of esters is 2. The Kier molecular flexibility index (Phi) is 15.6. The van der Waals surface area contributed by atoms with Crippen LogP contribution in [0.25, 0.3) is 32.0 Å². The average molecular weight is 751 g/mol. The minimum absolute atomic E-state index is 0.220. The second kappa shape index (κ2) is 20.8. The van der Waals surface area contributed by atoms with Gasteiger partial charge in [0.05, 0.1) is 13.2 Å². The van der Waals surface area contributed by atoms with Crippen LogP contribution in [-0.2, 0) is 48.2 Å². The monoisotopic (exact) mass is 750 g/mol. The average Bonchev–Trinajstić information content (AvgIpc) is 3.93. The molecular formula is C45H50O6S2. The molecule has 2 aromatic carbocycles. The van der Waals surface area contributed by atoms with Crippen LogP contribution in [0.4, 0.5) is 0 Å². The van der Waals surface area contributed by atoms with E-state index in [1.54, 1.807) is 47.0 Å². The molecule has 0 saturated carbocycles. The van der Waals surface area contributed by atoms with Crippen molar-refractivity contribution in [3.05, 3.63) is 132 Å². The van der Waals surface area contributed by atoms with E-state index in [0.29, 0.717) is 39.3 Å². The summed E-state index contributed by atoms with van der Waals surface area (Å²) >= 11 is 3.56. The largest absolute Gasteiger partial charge is 0.454 e. The van der Waals surface area contributed by atoms with Gasteiger partial charge < -0.3 is 18.9 Å². The van der Waals surface area contributed by atoms with E-state index >= 15 is 0 Å². The van der Waals surface area contributed by atoms with Crippen molar-refractivity contribution >= 4 is 34.6 Å². The zero-order valence-electron chi connectivity index (χ0n) is 30.5. The van der Waals surface area contributed by atoms with Crippen molar-refractivity contribution in [3.8, 4) is 32.0 Å². The van der Waals surface area contributed by atoms with Crippen molar-refractivity contribution in [1.82, 2.24) is 0 Å². The zero-order chi connectivity index (χ0) is 37.4. The third-order valence-corrected chi connectivity index (χ3v) is 11.3. The smallest absolute Gasteiger partial charge is 0.306 e. The lowest BCUT2D eigenvalue weighted by Gasteiger charge is -2.09. The fourth-order valence-electron chi connectivity index (χ4n) is 6.19. The molecule has 0 aliphatic heterocycles. The van der Waals surface area contributed by atoms with Crippen LogP contribution in [0.3, 0.4) is 0 Å². The molecule has 0 spiro atoms. The van der Waals surface area contributed by atoms with Crippen LogP contribution in [-0.4, -0.2) is 37.4 Å². The van der Waals surface area contributed by atoms with Gasteiger partial charge in [-0.25, -0.2) is 0 Å². The van der Waals surface area contributed by atoms with Crippen LogP contribution in [0.5, 0.6) is 0 Å². The number of rotatable bonds is 24. The van der Waals surface area contributed by atoms with Crippen LogP contribution in [0.1, 0.15) is 72.2 Å². The number of thiophene rings is 2. The lowest BCUT2D eigenvalue weighted by atomic mass is 10.0. The van der Waals surface area contributed by atoms with Gasteiger partial charge in [0.2, 0.25) is 0 Å². The van der Waals surface area contributed by atoms with Gasteiger partial charge >= 0.3 is 11.9 Å². The van der Waals surface area contributed by atoms with Crippen LogP contribution >= 0.6 is 22.7 Å². The molecule has 2 heterocycles. The molecule has 0 amide bonds. The van der Waals surface area contributed by atoms with E-state index in [1.165, 1.54) is 52.9 Å². The number of carbonyl (C=O) groups excluding carboxylic acids is 2. The molecule has 2 aromatic heterocycles. The number of benzene rings is 2. The van der Waals surface area contributed by atoms with Crippen molar-refractivity contribution in [2.45, 2.75) is 83.2 Å². The molecule has 0 atom stereocenters. The molecule has 1 aliphatic carbocycles. The lowest BCUT2D eigenvalue weighted by molar-refractivity contribution is -0.146. The van der Waals surface area contributed by atoms with Gasteiger partial charge in [0.25, 0.3) is 0 Å². The van der Waals surface area contributed by atoms with E-state index in [4.69, 9.17) is 18.9 Å². The van der Waals surface area contributed by atoms with Gasteiger partial charge in [-0.2, -0.15) is 0 Å². The summed E-state index contributed by atoms with van der Waals surface area (Å²) in [5, 5.41) is 0. The number of unbranched alkanes of at least 4 members (excludes halogenated alkanes) is 4. The highest BCUT2D eigenvalue weighted by Gasteiger charge is 2.20. The van der Waals surface area contributed by atoms with Crippen LogP contribution < -0.4 is 0 Å². The minimum atomic E-state index is -0.419. The minimum Gasteiger partial charge on any atom is -0.454 e. The summed E-state index contributed by atoms with van der Waals surface area (Å²) < 4.78 is 22.4. The van der Waals surface area contributed by atoms with Gasteiger partial charge in [-0.1, -0.05) is 63.4 Å². The highest BCUT2D eigenvalue weighted by molar-refractivity contribution is 7.15. The third kappa shape index (κ3) is 11.8. The lowest BCUT2D eigenvalue weighted by Crippen LogP contribution is -2.13. The molecule has 53 heavy (non-hydrogen) atoms. The molecule has 0 saturated heterocycles. The van der Waals surface area contributed by atoms with E-state index in [1.807, 2.05) is 0 Å². The van der Waals surface area contributed by atoms with Gasteiger partial charge in [-0.3, -0.25) is 9.59 Å². The summed E-state index contributed by atoms with van der Waals surface area (Å²) in [5.74, 6) is -0.440. The molecule has 0 N–H and O–H groups in total. The van der Waals surface area contributed by atoms with Gasteiger partial charge in [0.15, 0.2) is 0 Å². The van der Waals surface area contributed by atoms with Crippen molar-refractivity contribution in [2.75, 3.05) is 13.2 Å². The highest BCUT2D eigenvalue weighted by atomic mass is 32.1. The van der Waals surface area contributed by atoms with Crippen molar-refractivity contribution < 1.29 is 28.5 Å². The first-order valence-electron chi connectivity index (χ1n) is 18.4. The maximum Gasteiger partial charge on any atom is 0.306 e. The van der Waals surface area contributed by atoms with Crippen LogP contribution in [0.15, 0.2) is 111 Å². The van der Waals surface area contributed by atoms with Crippen molar-refractivity contribution in [2.24, 2.45) is 0 Å². The quantitative estimate of drug-likeness (QED) is 0.0355. The number of hydrogen-bond acceptors (Lipinski definition) is 8. The van der Waals surface area contributed by atoms with Gasteiger partial charge in [-0.05, 0) is 126 Å². The second-order valence-electron chi connectivity index (χ2n) is 13.0. The Labute approximate surface area is 322 Å². The summed E-state index contributed by atoms with van der Waals surface area (Å²) in [6, 6.07) is 22.4.